The molecule has 0 saturated carbocycles. The maximum absolute atomic E-state index is 13.2. The molecule has 0 aromatic heterocycles. The van der Waals surface area contributed by atoms with Gasteiger partial charge in [0.05, 0.1) is 16.6 Å². The maximum Gasteiger partial charge on any atom is 0.303 e. The Morgan fingerprint density at radius 1 is 1.07 bits per heavy atom. The zero-order chi connectivity index (χ0) is 21.7. The fourth-order valence-corrected chi connectivity index (χ4v) is 5.82. The summed E-state index contributed by atoms with van der Waals surface area (Å²) >= 11 is 3.41. The lowest BCUT2D eigenvalue weighted by molar-refractivity contribution is -0.137. The molecule has 30 heavy (non-hydrogen) atoms. The number of para-hydroxylation sites is 1. The first-order valence-electron chi connectivity index (χ1n) is 10.1. The average Bonchev–Trinajstić information content (AvgIpc) is 2.78. The number of sulfonamides is 1. The second kappa shape index (κ2) is 9.94. The molecular weight excluding hydrogens is 468 g/mol. The van der Waals surface area contributed by atoms with Crippen molar-refractivity contribution in [1.29, 1.82) is 0 Å². The average molecular weight is 495 g/mol. The van der Waals surface area contributed by atoms with Gasteiger partial charge in [0, 0.05) is 17.9 Å². The predicted molar refractivity (Wildman–Crippen MR) is 121 cm³/mol. The fraction of sp³-hybridized carbons (Fsp3) is 0.409. The van der Waals surface area contributed by atoms with Crippen LogP contribution in [0.2, 0.25) is 0 Å². The molecular formula is C22H27BrN2O4S. The van der Waals surface area contributed by atoms with E-state index in [1.54, 1.807) is 13.1 Å². The highest BCUT2D eigenvalue weighted by atomic mass is 79.9. The van der Waals surface area contributed by atoms with Gasteiger partial charge in [-0.1, -0.05) is 59.5 Å². The SMILES string of the molecule is CN1c2ccccc2C(NCCCCCCCC(=O)O)c2ccc(Br)cc2S1(=O)=O. The van der Waals surface area contributed by atoms with E-state index >= 15 is 0 Å². The first-order chi connectivity index (χ1) is 14.3. The number of nitrogens with one attached hydrogen (secondary N) is 1. The molecule has 0 fully saturated rings. The monoisotopic (exact) mass is 494 g/mol. The highest BCUT2D eigenvalue weighted by Gasteiger charge is 2.34. The van der Waals surface area contributed by atoms with Crippen LogP contribution >= 0.6 is 15.9 Å². The number of carbonyl (C=O) groups is 1. The van der Waals surface area contributed by atoms with Crippen LogP contribution in [0, 0.1) is 0 Å². The molecule has 1 atom stereocenters. The Hall–Kier alpha value is -1.90. The summed E-state index contributed by atoms with van der Waals surface area (Å²) in [6.07, 6.45) is 4.80. The molecule has 0 bridgehead atoms. The largest absolute Gasteiger partial charge is 0.481 e. The summed E-state index contributed by atoms with van der Waals surface area (Å²) in [4.78, 5) is 10.9. The molecule has 0 amide bonds. The van der Waals surface area contributed by atoms with E-state index in [0.717, 1.165) is 47.8 Å². The van der Waals surface area contributed by atoms with Gasteiger partial charge in [0.25, 0.3) is 10.0 Å². The number of rotatable bonds is 9. The first kappa shape index (κ1) is 22.8. The minimum atomic E-state index is -3.66. The summed E-state index contributed by atoms with van der Waals surface area (Å²) in [7, 11) is -2.07. The van der Waals surface area contributed by atoms with Crippen molar-refractivity contribution in [3.63, 3.8) is 0 Å². The van der Waals surface area contributed by atoms with Gasteiger partial charge < -0.3 is 10.4 Å². The lowest BCUT2D eigenvalue weighted by Crippen LogP contribution is -2.26. The Kier molecular flexibility index (Phi) is 7.55. The lowest BCUT2D eigenvalue weighted by atomic mass is 9.96. The van der Waals surface area contributed by atoms with Gasteiger partial charge in [0.2, 0.25) is 0 Å². The minimum Gasteiger partial charge on any atom is -0.481 e. The summed E-state index contributed by atoms with van der Waals surface area (Å²) in [5.41, 5.74) is 2.36. The van der Waals surface area contributed by atoms with Crippen molar-refractivity contribution >= 4 is 37.6 Å². The second-order valence-electron chi connectivity index (χ2n) is 7.51. The molecule has 6 nitrogen and oxygen atoms in total. The Morgan fingerprint density at radius 2 is 1.77 bits per heavy atom. The van der Waals surface area contributed by atoms with E-state index in [4.69, 9.17) is 5.11 Å². The van der Waals surface area contributed by atoms with Crippen LogP contribution in [-0.2, 0) is 14.8 Å². The van der Waals surface area contributed by atoms with Crippen LogP contribution in [0.25, 0.3) is 0 Å². The van der Waals surface area contributed by atoms with Crippen molar-refractivity contribution in [3.05, 3.63) is 58.1 Å². The van der Waals surface area contributed by atoms with E-state index in [-0.39, 0.29) is 12.5 Å². The minimum absolute atomic E-state index is 0.226. The van der Waals surface area contributed by atoms with Crippen molar-refractivity contribution in [2.45, 2.75) is 49.5 Å². The van der Waals surface area contributed by atoms with Crippen LogP contribution in [0.4, 0.5) is 5.69 Å². The fourth-order valence-electron chi connectivity index (χ4n) is 3.83. The number of carboxylic acid groups (broad SMARTS) is 1. The summed E-state index contributed by atoms with van der Waals surface area (Å²) in [6, 6.07) is 12.8. The third-order valence-electron chi connectivity index (χ3n) is 5.43. The number of nitrogens with zero attached hydrogens (tertiary/aromatic N) is 1. The number of hydrogen-bond acceptors (Lipinski definition) is 4. The maximum atomic E-state index is 13.2. The van der Waals surface area contributed by atoms with Gasteiger partial charge in [0.1, 0.15) is 0 Å². The molecule has 1 unspecified atom stereocenters. The lowest BCUT2D eigenvalue weighted by Gasteiger charge is -2.22. The van der Waals surface area contributed by atoms with Crippen LogP contribution in [-0.4, -0.2) is 33.1 Å². The quantitative estimate of drug-likeness (QED) is 0.493. The summed E-state index contributed by atoms with van der Waals surface area (Å²) < 4.78 is 28.6. The number of unbranched alkanes of at least 4 members (excludes halogenated alkanes) is 4. The molecule has 3 rings (SSSR count). The van der Waals surface area contributed by atoms with Gasteiger partial charge in [-0.3, -0.25) is 9.10 Å². The molecule has 2 aromatic carbocycles. The van der Waals surface area contributed by atoms with Crippen molar-refractivity contribution in [2.24, 2.45) is 0 Å². The van der Waals surface area contributed by atoms with Crippen molar-refractivity contribution in [3.8, 4) is 0 Å². The third kappa shape index (κ3) is 5.04. The highest BCUT2D eigenvalue weighted by molar-refractivity contribution is 9.10. The van der Waals surface area contributed by atoms with Crippen LogP contribution in [0.15, 0.2) is 51.8 Å². The highest BCUT2D eigenvalue weighted by Crippen LogP contribution is 2.40. The molecule has 8 heteroatoms. The Balaban J connectivity index is 1.77. The van der Waals surface area contributed by atoms with Crippen LogP contribution in [0.5, 0.6) is 0 Å². The van der Waals surface area contributed by atoms with E-state index in [2.05, 4.69) is 21.2 Å². The molecule has 162 valence electrons. The van der Waals surface area contributed by atoms with Gasteiger partial charge in [0.15, 0.2) is 0 Å². The van der Waals surface area contributed by atoms with E-state index in [1.807, 2.05) is 36.4 Å². The standard InChI is InChI=1S/C22H27BrN2O4S/c1-25-19-10-7-6-9-17(19)22(24-14-8-4-2-3-5-11-21(26)27)18-13-12-16(23)15-20(18)30(25,28)29/h6-7,9-10,12-13,15,22,24H,2-5,8,11,14H2,1H3,(H,26,27). The molecule has 2 N–H and O–H groups in total. The topological polar surface area (TPSA) is 86.7 Å². The van der Waals surface area contributed by atoms with Gasteiger partial charge in [-0.25, -0.2) is 8.42 Å². The van der Waals surface area contributed by atoms with Crippen molar-refractivity contribution in [2.75, 3.05) is 17.9 Å². The molecule has 1 heterocycles. The Bertz CT molecular complexity index is 1010. The summed E-state index contributed by atoms with van der Waals surface area (Å²) in [5.74, 6) is -0.742. The van der Waals surface area contributed by atoms with Crippen LogP contribution < -0.4 is 9.62 Å². The zero-order valence-corrected chi connectivity index (χ0v) is 19.4. The second-order valence-corrected chi connectivity index (χ2v) is 10.4. The molecule has 2 aromatic rings. The number of benzene rings is 2. The first-order valence-corrected chi connectivity index (χ1v) is 12.4. The number of halogens is 1. The number of aliphatic carboxylic acids is 1. The molecule has 1 aliphatic rings. The normalized spacial score (nSPS) is 17.1. The predicted octanol–water partition coefficient (Wildman–Crippen LogP) is 4.69. The van der Waals surface area contributed by atoms with Crippen LogP contribution in [0.3, 0.4) is 0 Å². The van der Waals surface area contributed by atoms with Gasteiger partial charge in [-0.2, -0.15) is 0 Å². The molecule has 0 spiro atoms. The van der Waals surface area contributed by atoms with Gasteiger partial charge in [-0.15, -0.1) is 0 Å². The Morgan fingerprint density at radius 3 is 2.53 bits per heavy atom. The van der Waals surface area contributed by atoms with Crippen LogP contribution in [0.1, 0.15) is 55.7 Å². The van der Waals surface area contributed by atoms with E-state index in [9.17, 15) is 13.2 Å². The zero-order valence-electron chi connectivity index (χ0n) is 17.0. The molecule has 0 saturated heterocycles. The number of anilines is 1. The van der Waals surface area contributed by atoms with Crippen molar-refractivity contribution < 1.29 is 18.3 Å². The smallest absolute Gasteiger partial charge is 0.303 e. The molecule has 0 aliphatic carbocycles. The summed E-state index contributed by atoms with van der Waals surface area (Å²) in [5, 5.41) is 12.3. The van der Waals surface area contributed by atoms with Gasteiger partial charge >= 0.3 is 5.97 Å². The van der Waals surface area contributed by atoms with E-state index < -0.39 is 16.0 Å². The van der Waals surface area contributed by atoms with Gasteiger partial charge in [-0.05, 0) is 48.7 Å². The van der Waals surface area contributed by atoms with Crippen molar-refractivity contribution in [1.82, 2.24) is 5.32 Å². The summed E-state index contributed by atoms with van der Waals surface area (Å²) in [6.45, 7) is 0.747. The number of carboxylic acids is 1. The number of fused-ring (bicyclic) bond motifs is 2. The molecule has 1 aliphatic heterocycles. The number of hydrogen-bond donors (Lipinski definition) is 2. The van der Waals surface area contributed by atoms with E-state index in [1.165, 1.54) is 4.31 Å². The third-order valence-corrected chi connectivity index (χ3v) is 7.75. The Labute approximate surface area is 186 Å². The van der Waals surface area contributed by atoms with E-state index in [0.29, 0.717) is 17.0 Å². The molecule has 0 radical (unpaired) electrons.